The van der Waals surface area contributed by atoms with E-state index in [1.165, 1.54) is 6.08 Å². The number of thiophene rings is 1. The smallest absolute Gasteiger partial charge is 0.336 e. The van der Waals surface area contributed by atoms with Crippen LogP contribution in [0, 0.1) is 0 Å². The van der Waals surface area contributed by atoms with Gasteiger partial charge in [-0.3, -0.25) is 0 Å². The summed E-state index contributed by atoms with van der Waals surface area (Å²) in [6, 6.07) is 8.88. The van der Waals surface area contributed by atoms with Crippen LogP contribution in [0.2, 0.25) is 0 Å². The van der Waals surface area contributed by atoms with Crippen molar-refractivity contribution in [1.82, 2.24) is 0 Å². The number of rotatable bonds is 3. The fourth-order valence-electron chi connectivity index (χ4n) is 1.63. The van der Waals surface area contributed by atoms with E-state index in [0.717, 1.165) is 4.88 Å². The predicted molar refractivity (Wildman–Crippen MR) is 71.6 cm³/mol. The molecule has 19 heavy (non-hydrogen) atoms. The lowest BCUT2D eigenvalue weighted by molar-refractivity contribution is -0.128. The predicted octanol–water partition coefficient (Wildman–Crippen LogP) is 3.10. The van der Waals surface area contributed by atoms with Gasteiger partial charge in [0.05, 0.1) is 0 Å². The lowest BCUT2D eigenvalue weighted by Crippen LogP contribution is -2.03. The molecule has 5 heteroatoms. The van der Waals surface area contributed by atoms with E-state index in [0.29, 0.717) is 17.2 Å². The van der Waals surface area contributed by atoms with Crippen LogP contribution in [0.25, 0.3) is 6.08 Å². The molecule has 0 N–H and O–H groups in total. The van der Waals surface area contributed by atoms with Gasteiger partial charge in [-0.15, -0.1) is 11.3 Å². The summed E-state index contributed by atoms with van der Waals surface area (Å²) in [5.41, 5.74) is 0. The summed E-state index contributed by atoms with van der Waals surface area (Å²) in [5, 5.41) is 1.95. The highest BCUT2D eigenvalue weighted by atomic mass is 32.1. The third-order valence-corrected chi connectivity index (χ3v) is 3.33. The number of carbonyl (C=O) groups excluding carboxylic acids is 1. The fraction of sp³-hybridized carbons (Fsp3) is 0.0714. The molecule has 2 aromatic rings. The van der Waals surface area contributed by atoms with E-state index in [-0.39, 0.29) is 6.79 Å². The maximum Gasteiger partial charge on any atom is 0.336 e. The van der Waals surface area contributed by atoms with Crippen molar-refractivity contribution in [1.29, 1.82) is 0 Å². The molecule has 0 atom stereocenters. The van der Waals surface area contributed by atoms with Crippen molar-refractivity contribution in [2.75, 3.05) is 6.79 Å². The number of ether oxygens (including phenoxy) is 3. The number of benzene rings is 1. The molecular weight excluding hydrogens is 264 g/mol. The molecule has 0 unspecified atom stereocenters. The molecule has 1 aliphatic heterocycles. The largest absolute Gasteiger partial charge is 0.454 e. The van der Waals surface area contributed by atoms with Crippen molar-refractivity contribution in [2.24, 2.45) is 0 Å². The van der Waals surface area contributed by atoms with Gasteiger partial charge in [0, 0.05) is 17.0 Å². The molecule has 4 nitrogen and oxygen atoms in total. The quantitative estimate of drug-likeness (QED) is 0.490. The van der Waals surface area contributed by atoms with Crippen molar-refractivity contribution in [2.45, 2.75) is 0 Å². The highest BCUT2D eigenvalue weighted by Gasteiger charge is 2.14. The Morgan fingerprint density at radius 2 is 2.16 bits per heavy atom. The highest BCUT2D eigenvalue weighted by Crippen LogP contribution is 2.35. The summed E-state index contributed by atoms with van der Waals surface area (Å²) in [6.45, 7) is 0.199. The second-order valence-corrected chi connectivity index (χ2v) is 4.76. The SMILES string of the molecule is O=C(C=Cc1cccs1)Oc1ccc2c(c1)OCO2. The Morgan fingerprint density at radius 3 is 3.00 bits per heavy atom. The Labute approximate surface area is 113 Å². The molecule has 0 fully saturated rings. The van der Waals surface area contributed by atoms with E-state index in [1.54, 1.807) is 35.6 Å². The van der Waals surface area contributed by atoms with Crippen LogP contribution >= 0.6 is 11.3 Å². The molecule has 3 rings (SSSR count). The molecule has 0 saturated heterocycles. The first kappa shape index (κ1) is 11.8. The normalized spacial score (nSPS) is 12.8. The number of fused-ring (bicyclic) bond motifs is 1. The number of esters is 1. The zero-order valence-electron chi connectivity index (χ0n) is 9.87. The molecule has 0 radical (unpaired) electrons. The van der Waals surface area contributed by atoms with Gasteiger partial charge in [0.2, 0.25) is 6.79 Å². The molecule has 0 saturated carbocycles. The molecule has 1 aromatic carbocycles. The van der Waals surface area contributed by atoms with Crippen molar-refractivity contribution >= 4 is 23.4 Å². The van der Waals surface area contributed by atoms with E-state index in [1.807, 2.05) is 17.5 Å². The minimum atomic E-state index is -0.424. The second kappa shape index (κ2) is 5.16. The molecule has 0 spiro atoms. The molecule has 1 aromatic heterocycles. The second-order valence-electron chi connectivity index (χ2n) is 3.78. The van der Waals surface area contributed by atoms with Gasteiger partial charge < -0.3 is 14.2 Å². The van der Waals surface area contributed by atoms with Crippen LogP contribution in [0.4, 0.5) is 0 Å². The first-order valence-electron chi connectivity index (χ1n) is 5.64. The van der Waals surface area contributed by atoms with Gasteiger partial charge in [0.25, 0.3) is 0 Å². The lowest BCUT2D eigenvalue weighted by atomic mass is 10.3. The van der Waals surface area contributed by atoms with E-state index in [9.17, 15) is 4.79 Å². The summed E-state index contributed by atoms with van der Waals surface area (Å²) >= 11 is 1.56. The first-order valence-corrected chi connectivity index (χ1v) is 6.52. The van der Waals surface area contributed by atoms with Gasteiger partial charge in [0.1, 0.15) is 5.75 Å². The summed E-state index contributed by atoms with van der Waals surface area (Å²) in [7, 11) is 0. The van der Waals surface area contributed by atoms with Crippen LogP contribution in [-0.2, 0) is 4.79 Å². The number of hydrogen-bond acceptors (Lipinski definition) is 5. The number of carbonyl (C=O) groups is 1. The summed E-state index contributed by atoms with van der Waals surface area (Å²) in [4.78, 5) is 12.6. The molecule has 96 valence electrons. The van der Waals surface area contributed by atoms with Crippen molar-refractivity contribution in [3.8, 4) is 17.2 Å². The van der Waals surface area contributed by atoms with Gasteiger partial charge in [-0.05, 0) is 29.7 Å². The zero-order chi connectivity index (χ0) is 13.1. The molecule has 1 aliphatic rings. The Bertz CT molecular complexity index is 616. The Hall–Kier alpha value is -2.27. The minimum absolute atomic E-state index is 0.199. The molecule has 0 bridgehead atoms. The average molecular weight is 274 g/mol. The van der Waals surface area contributed by atoms with E-state index < -0.39 is 5.97 Å². The molecule has 2 heterocycles. The van der Waals surface area contributed by atoms with Crippen LogP contribution in [0.3, 0.4) is 0 Å². The van der Waals surface area contributed by atoms with Gasteiger partial charge in [-0.2, -0.15) is 0 Å². The maximum atomic E-state index is 11.6. The van der Waals surface area contributed by atoms with Crippen molar-refractivity contribution < 1.29 is 19.0 Å². The van der Waals surface area contributed by atoms with Crippen molar-refractivity contribution in [3.05, 3.63) is 46.7 Å². The molecule has 0 aliphatic carbocycles. The summed E-state index contributed by atoms with van der Waals surface area (Å²) < 4.78 is 15.6. The maximum absolute atomic E-state index is 11.6. The van der Waals surface area contributed by atoms with E-state index >= 15 is 0 Å². The summed E-state index contributed by atoms with van der Waals surface area (Å²) in [5.74, 6) is 1.26. The molecular formula is C14H10O4S. The third-order valence-electron chi connectivity index (χ3n) is 2.49. The van der Waals surface area contributed by atoms with Gasteiger partial charge >= 0.3 is 5.97 Å². The van der Waals surface area contributed by atoms with Gasteiger partial charge in [-0.1, -0.05) is 6.07 Å². The van der Waals surface area contributed by atoms with Gasteiger partial charge in [0.15, 0.2) is 11.5 Å². The summed E-state index contributed by atoms with van der Waals surface area (Å²) in [6.07, 6.45) is 3.12. The zero-order valence-corrected chi connectivity index (χ0v) is 10.7. The minimum Gasteiger partial charge on any atom is -0.454 e. The molecule has 0 amide bonds. The standard InChI is InChI=1S/C14H10O4S/c15-14(6-4-11-2-1-7-19-11)18-10-3-5-12-13(8-10)17-9-16-12/h1-8H,9H2. The Morgan fingerprint density at radius 1 is 1.26 bits per heavy atom. The monoisotopic (exact) mass is 274 g/mol. The van der Waals surface area contributed by atoms with Gasteiger partial charge in [-0.25, -0.2) is 4.79 Å². The van der Waals surface area contributed by atoms with Crippen LogP contribution in [0.5, 0.6) is 17.2 Å². The third kappa shape index (κ3) is 2.77. The van der Waals surface area contributed by atoms with Crippen molar-refractivity contribution in [3.63, 3.8) is 0 Å². The van der Waals surface area contributed by atoms with E-state index in [4.69, 9.17) is 14.2 Å². The number of hydrogen-bond donors (Lipinski definition) is 0. The Kier molecular flexibility index (Phi) is 3.20. The average Bonchev–Trinajstić information content (AvgIpc) is 3.07. The Balaban J connectivity index is 1.66. The first-order chi connectivity index (χ1) is 9.31. The van der Waals surface area contributed by atoms with Crippen LogP contribution in [0.15, 0.2) is 41.8 Å². The van der Waals surface area contributed by atoms with Crippen LogP contribution in [-0.4, -0.2) is 12.8 Å². The van der Waals surface area contributed by atoms with Crippen LogP contribution in [0.1, 0.15) is 4.88 Å². The fourth-order valence-corrected chi connectivity index (χ4v) is 2.24. The lowest BCUT2D eigenvalue weighted by Gasteiger charge is -2.02. The van der Waals surface area contributed by atoms with Crippen LogP contribution < -0.4 is 14.2 Å². The highest BCUT2D eigenvalue weighted by molar-refractivity contribution is 7.10. The topological polar surface area (TPSA) is 44.8 Å². The van der Waals surface area contributed by atoms with E-state index in [2.05, 4.69) is 0 Å².